The Hall–Kier alpha value is -0.0900. The summed E-state index contributed by atoms with van der Waals surface area (Å²) in [6.07, 6.45) is 0. The Labute approximate surface area is 90.3 Å². The lowest BCUT2D eigenvalue weighted by atomic mass is 10.1. The van der Waals surface area contributed by atoms with Crippen molar-refractivity contribution in [1.82, 2.24) is 0 Å². The Morgan fingerprint density at radius 3 is 2.67 bits per heavy atom. The van der Waals surface area contributed by atoms with E-state index in [2.05, 4.69) is 22.6 Å². The van der Waals surface area contributed by atoms with Crippen LogP contribution < -0.4 is 0 Å². The fraction of sp³-hybridized carbons (Fsp3) is 0.222. The fourth-order valence-electron chi connectivity index (χ4n) is 1.07. The van der Waals surface area contributed by atoms with Crippen molar-refractivity contribution in [3.8, 4) is 0 Å². The van der Waals surface area contributed by atoms with Gasteiger partial charge in [0, 0.05) is 9.99 Å². The van der Waals surface area contributed by atoms with Gasteiger partial charge in [0.25, 0.3) is 0 Å². The molecule has 0 amide bonds. The van der Waals surface area contributed by atoms with Crippen molar-refractivity contribution in [2.75, 3.05) is 0 Å². The summed E-state index contributed by atoms with van der Waals surface area (Å²) in [6.45, 7) is 1.54. The van der Waals surface area contributed by atoms with E-state index < -0.39 is 0 Å². The van der Waals surface area contributed by atoms with Gasteiger partial charge in [-0.25, -0.2) is 0 Å². The Kier molecular flexibility index (Phi) is 3.53. The number of carbonyl (C=O) groups excluding carboxylic acids is 1. The molecule has 0 bridgehead atoms. The van der Waals surface area contributed by atoms with Gasteiger partial charge in [0.2, 0.25) is 0 Å². The minimum Gasteiger partial charge on any atom is -0.294 e. The van der Waals surface area contributed by atoms with Crippen molar-refractivity contribution in [1.29, 1.82) is 0 Å². The van der Waals surface area contributed by atoms with Crippen LogP contribution in [0.15, 0.2) is 18.2 Å². The molecule has 0 aromatic heterocycles. The van der Waals surface area contributed by atoms with Crippen molar-refractivity contribution in [3.63, 3.8) is 0 Å². The van der Waals surface area contributed by atoms with E-state index >= 15 is 0 Å². The first-order valence-electron chi connectivity index (χ1n) is 3.51. The second-order valence-electron chi connectivity index (χ2n) is 2.46. The summed E-state index contributed by atoms with van der Waals surface area (Å²) in [5.74, 6) is 0.0345. The van der Waals surface area contributed by atoms with E-state index in [9.17, 15) is 4.79 Å². The molecule has 1 nitrogen and oxygen atoms in total. The molecule has 0 saturated carbocycles. The predicted octanol–water partition coefficient (Wildman–Crippen LogP) is 3.48. The lowest BCUT2D eigenvalue weighted by Crippen LogP contribution is -1.98. The number of Topliss-reactive ketones (excluding diaryl/α,β-unsaturated/α-hetero) is 1. The molecule has 0 N–H and O–H groups in total. The van der Waals surface area contributed by atoms with Gasteiger partial charge in [-0.05, 0) is 18.6 Å². The summed E-state index contributed by atoms with van der Waals surface area (Å²) in [4.78, 5) is 11.2. The van der Waals surface area contributed by atoms with Crippen molar-refractivity contribution >= 4 is 40.0 Å². The van der Waals surface area contributed by atoms with E-state index in [0.29, 0.717) is 10.6 Å². The number of benzene rings is 1. The summed E-state index contributed by atoms with van der Waals surface area (Å²) in [5, 5.41) is 0.552. The first kappa shape index (κ1) is 9.99. The molecule has 0 aliphatic rings. The smallest absolute Gasteiger partial charge is 0.161 e. The van der Waals surface area contributed by atoms with Gasteiger partial charge in [0.1, 0.15) is 0 Å². The van der Waals surface area contributed by atoms with Crippen LogP contribution in [0.25, 0.3) is 0 Å². The Bertz CT molecular complexity index is 309. The summed E-state index contributed by atoms with van der Waals surface area (Å²) < 4.78 is 0.813. The van der Waals surface area contributed by atoms with Gasteiger partial charge in [-0.1, -0.05) is 46.3 Å². The Morgan fingerprint density at radius 2 is 2.25 bits per heavy atom. The maximum Gasteiger partial charge on any atom is 0.161 e. The zero-order valence-corrected chi connectivity index (χ0v) is 9.52. The Balaban J connectivity index is 3.29. The molecule has 0 unspecified atom stereocenters. The second kappa shape index (κ2) is 4.23. The molecule has 3 heteroatoms. The monoisotopic (exact) mass is 294 g/mol. The molecule has 12 heavy (non-hydrogen) atoms. The third kappa shape index (κ3) is 1.98. The fourth-order valence-corrected chi connectivity index (χ4v) is 2.04. The molecule has 0 aliphatic carbocycles. The van der Waals surface area contributed by atoms with Crippen molar-refractivity contribution in [3.05, 3.63) is 34.3 Å². The van der Waals surface area contributed by atoms with E-state index in [0.717, 1.165) is 9.99 Å². The Morgan fingerprint density at radius 1 is 1.58 bits per heavy atom. The van der Waals surface area contributed by atoms with Crippen LogP contribution in [0.3, 0.4) is 0 Å². The molecule has 64 valence electrons. The largest absolute Gasteiger partial charge is 0.294 e. The zero-order valence-electron chi connectivity index (χ0n) is 6.60. The summed E-state index contributed by atoms with van der Waals surface area (Å²) in [6, 6.07) is 5.53. The number of carbonyl (C=O) groups is 1. The highest BCUT2D eigenvalue weighted by molar-refractivity contribution is 14.1. The van der Waals surface area contributed by atoms with Crippen molar-refractivity contribution in [2.24, 2.45) is 0 Å². The minimum absolute atomic E-state index is 0.0345. The van der Waals surface area contributed by atoms with Crippen molar-refractivity contribution < 1.29 is 4.79 Å². The summed E-state index contributed by atoms with van der Waals surface area (Å²) >= 11 is 8.10. The van der Waals surface area contributed by atoms with Gasteiger partial charge in [0.05, 0.1) is 5.02 Å². The van der Waals surface area contributed by atoms with Crippen molar-refractivity contribution in [2.45, 2.75) is 11.4 Å². The number of rotatable bonds is 2. The van der Waals surface area contributed by atoms with E-state index in [1.54, 1.807) is 6.07 Å². The van der Waals surface area contributed by atoms with Gasteiger partial charge < -0.3 is 0 Å². The van der Waals surface area contributed by atoms with Crippen LogP contribution >= 0.6 is 34.2 Å². The molecule has 0 fully saturated rings. The third-order valence-corrected chi connectivity index (χ3v) is 2.73. The van der Waals surface area contributed by atoms with Crippen LogP contribution in [-0.2, 0) is 4.43 Å². The van der Waals surface area contributed by atoms with Crippen LogP contribution in [0.1, 0.15) is 22.8 Å². The van der Waals surface area contributed by atoms with Gasteiger partial charge >= 0.3 is 0 Å². The van der Waals surface area contributed by atoms with Gasteiger partial charge in [-0.3, -0.25) is 4.79 Å². The van der Waals surface area contributed by atoms with E-state index in [1.807, 2.05) is 12.1 Å². The maximum absolute atomic E-state index is 11.2. The van der Waals surface area contributed by atoms with E-state index in [1.165, 1.54) is 6.92 Å². The normalized spacial score (nSPS) is 9.92. The lowest BCUT2D eigenvalue weighted by Gasteiger charge is -2.04. The molecule has 0 aliphatic heterocycles. The average molecular weight is 295 g/mol. The van der Waals surface area contributed by atoms with Crippen LogP contribution in [0.4, 0.5) is 0 Å². The van der Waals surface area contributed by atoms with Gasteiger partial charge in [-0.15, -0.1) is 0 Å². The lowest BCUT2D eigenvalue weighted by molar-refractivity contribution is 0.101. The first-order chi connectivity index (χ1) is 5.66. The van der Waals surface area contributed by atoms with E-state index in [4.69, 9.17) is 11.6 Å². The summed E-state index contributed by atoms with van der Waals surface area (Å²) in [5.41, 5.74) is 1.67. The van der Waals surface area contributed by atoms with Gasteiger partial charge in [-0.2, -0.15) is 0 Å². The molecular formula is C9H8ClIO. The maximum atomic E-state index is 11.2. The highest BCUT2D eigenvalue weighted by Gasteiger charge is 2.09. The zero-order chi connectivity index (χ0) is 9.14. The molecular weight excluding hydrogens is 286 g/mol. The third-order valence-electron chi connectivity index (χ3n) is 1.60. The molecule has 0 radical (unpaired) electrons. The number of hydrogen-bond acceptors (Lipinski definition) is 1. The number of halogens is 2. The summed E-state index contributed by atoms with van der Waals surface area (Å²) in [7, 11) is 0. The van der Waals surface area contributed by atoms with Crippen LogP contribution in [0.5, 0.6) is 0 Å². The first-order valence-corrected chi connectivity index (χ1v) is 5.41. The SMILES string of the molecule is CC(=O)c1c(Cl)cccc1CI. The number of ketones is 1. The predicted molar refractivity (Wildman–Crippen MR) is 59.2 cm³/mol. The number of hydrogen-bond donors (Lipinski definition) is 0. The quantitative estimate of drug-likeness (QED) is 0.464. The number of alkyl halides is 1. The van der Waals surface area contributed by atoms with Gasteiger partial charge in [0.15, 0.2) is 5.78 Å². The molecule has 1 rings (SSSR count). The van der Waals surface area contributed by atoms with Crippen LogP contribution in [0.2, 0.25) is 5.02 Å². The molecule has 0 spiro atoms. The highest BCUT2D eigenvalue weighted by Crippen LogP contribution is 2.22. The molecule has 1 aromatic carbocycles. The minimum atomic E-state index is 0.0345. The molecule has 1 aromatic rings. The standard InChI is InChI=1S/C9H8ClIO/c1-6(12)9-7(5-11)3-2-4-8(9)10/h2-4H,5H2,1H3. The van der Waals surface area contributed by atoms with Crippen LogP contribution in [0, 0.1) is 0 Å². The highest BCUT2D eigenvalue weighted by atomic mass is 127. The topological polar surface area (TPSA) is 17.1 Å². The molecule has 0 saturated heterocycles. The van der Waals surface area contributed by atoms with E-state index in [-0.39, 0.29) is 5.78 Å². The second-order valence-corrected chi connectivity index (χ2v) is 3.63. The average Bonchev–Trinajstić information content (AvgIpc) is 2.03. The van der Waals surface area contributed by atoms with Crippen LogP contribution in [-0.4, -0.2) is 5.78 Å². The molecule has 0 atom stereocenters. The molecule has 0 heterocycles.